The Morgan fingerprint density at radius 2 is 2.18 bits per heavy atom. The molecule has 2 aliphatic heterocycles. The van der Waals surface area contributed by atoms with Crippen LogP contribution in [0.1, 0.15) is 16.1 Å². The number of likely N-dealkylation sites (tertiary alicyclic amines) is 1. The molecule has 1 aromatic heterocycles. The lowest BCUT2D eigenvalue weighted by Gasteiger charge is -2.37. The zero-order chi connectivity index (χ0) is 15.7. The first-order valence-corrected chi connectivity index (χ1v) is 10.1. The van der Waals surface area contributed by atoms with Crippen LogP contribution in [0.25, 0.3) is 0 Å². The summed E-state index contributed by atoms with van der Waals surface area (Å²) in [5.41, 5.74) is 0. The van der Waals surface area contributed by atoms with Gasteiger partial charge in [0.05, 0.1) is 23.8 Å². The Kier molecular flexibility index (Phi) is 4.54. The zero-order valence-corrected chi connectivity index (χ0v) is 14.1. The summed E-state index contributed by atoms with van der Waals surface area (Å²) in [5, 5.41) is 1.89. The smallest absolute Gasteiger partial charge is 0.264 e. The summed E-state index contributed by atoms with van der Waals surface area (Å²) < 4.78 is 30.8. The summed E-state index contributed by atoms with van der Waals surface area (Å²) >= 11 is 1.44. The summed E-state index contributed by atoms with van der Waals surface area (Å²) in [6.45, 7) is 2.46. The highest BCUT2D eigenvalue weighted by atomic mass is 32.2. The molecule has 0 spiro atoms. The summed E-state index contributed by atoms with van der Waals surface area (Å²) in [4.78, 5) is 15.0. The predicted molar refractivity (Wildman–Crippen MR) is 84.5 cm³/mol. The van der Waals surface area contributed by atoms with Gasteiger partial charge < -0.3 is 9.64 Å². The maximum Gasteiger partial charge on any atom is 0.264 e. The average molecular weight is 344 g/mol. The summed E-state index contributed by atoms with van der Waals surface area (Å²) in [5.74, 6) is 0.200. The third-order valence-electron chi connectivity index (χ3n) is 4.29. The van der Waals surface area contributed by atoms with Crippen molar-refractivity contribution in [2.75, 3.05) is 39.0 Å². The van der Waals surface area contributed by atoms with E-state index in [9.17, 15) is 13.2 Å². The second kappa shape index (κ2) is 6.27. The van der Waals surface area contributed by atoms with Crippen LogP contribution in [-0.2, 0) is 14.8 Å². The third-order valence-corrected chi connectivity index (χ3v) is 6.42. The van der Waals surface area contributed by atoms with E-state index in [1.165, 1.54) is 21.9 Å². The minimum Gasteiger partial charge on any atom is -0.375 e. The Bertz CT molecular complexity index is 629. The SMILES string of the molecule is CS(=O)(=O)N1CCO[C@@H]2CN(C(=O)c3cccs3)CC[C@@H]2C1. The van der Waals surface area contributed by atoms with Crippen LogP contribution < -0.4 is 0 Å². The molecule has 0 radical (unpaired) electrons. The molecule has 3 rings (SSSR count). The van der Waals surface area contributed by atoms with Crippen molar-refractivity contribution in [2.45, 2.75) is 12.5 Å². The molecular formula is C14H20N2O4S2. The lowest BCUT2D eigenvalue weighted by atomic mass is 9.93. The molecule has 22 heavy (non-hydrogen) atoms. The van der Waals surface area contributed by atoms with Gasteiger partial charge in [0.25, 0.3) is 5.91 Å². The van der Waals surface area contributed by atoms with Crippen LogP contribution in [0.2, 0.25) is 0 Å². The zero-order valence-electron chi connectivity index (χ0n) is 12.5. The Hall–Kier alpha value is -0.960. The maximum absolute atomic E-state index is 12.4. The van der Waals surface area contributed by atoms with E-state index in [2.05, 4.69) is 0 Å². The highest BCUT2D eigenvalue weighted by molar-refractivity contribution is 7.88. The first-order chi connectivity index (χ1) is 10.4. The number of piperidine rings is 1. The van der Waals surface area contributed by atoms with Gasteiger partial charge in [0.15, 0.2) is 0 Å². The summed E-state index contributed by atoms with van der Waals surface area (Å²) in [7, 11) is -3.19. The molecule has 1 amide bonds. The number of sulfonamides is 1. The quantitative estimate of drug-likeness (QED) is 0.798. The number of hydrogen-bond donors (Lipinski definition) is 0. The lowest BCUT2D eigenvalue weighted by Crippen LogP contribution is -2.49. The van der Waals surface area contributed by atoms with Gasteiger partial charge in [-0.1, -0.05) is 6.07 Å². The van der Waals surface area contributed by atoms with E-state index in [0.717, 1.165) is 11.3 Å². The number of carbonyl (C=O) groups excluding carboxylic acids is 1. The van der Waals surface area contributed by atoms with Crippen LogP contribution in [0.15, 0.2) is 17.5 Å². The molecule has 0 saturated carbocycles. The van der Waals surface area contributed by atoms with Gasteiger partial charge in [0.2, 0.25) is 10.0 Å². The Morgan fingerprint density at radius 3 is 2.86 bits per heavy atom. The fourth-order valence-electron chi connectivity index (χ4n) is 3.06. The van der Waals surface area contributed by atoms with E-state index in [0.29, 0.717) is 32.8 Å². The molecule has 0 aliphatic carbocycles. The number of carbonyl (C=O) groups is 1. The van der Waals surface area contributed by atoms with E-state index in [1.54, 1.807) is 0 Å². The molecule has 2 fully saturated rings. The average Bonchev–Trinajstić information content (AvgIpc) is 2.91. The van der Waals surface area contributed by atoms with E-state index in [1.807, 2.05) is 22.4 Å². The first-order valence-electron chi connectivity index (χ1n) is 7.34. The van der Waals surface area contributed by atoms with Crippen molar-refractivity contribution in [1.82, 2.24) is 9.21 Å². The molecule has 1 aromatic rings. The molecule has 8 heteroatoms. The van der Waals surface area contributed by atoms with Crippen LogP contribution in [0, 0.1) is 5.92 Å². The topological polar surface area (TPSA) is 66.9 Å². The minimum absolute atomic E-state index is 0.0428. The number of thiophene rings is 1. The molecule has 3 heterocycles. The largest absolute Gasteiger partial charge is 0.375 e. The number of ether oxygens (including phenoxy) is 1. The van der Waals surface area contributed by atoms with Crippen molar-refractivity contribution in [2.24, 2.45) is 5.92 Å². The molecule has 0 aromatic carbocycles. The molecule has 2 atom stereocenters. The van der Waals surface area contributed by atoms with Crippen molar-refractivity contribution < 1.29 is 17.9 Å². The first kappa shape index (κ1) is 15.9. The molecule has 0 bridgehead atoms. The van der Waals surface area contributed by atoms with Gasteiger partial charge in [0, 0.05) is 32.1 Å². The third kappa shape index (κ3) is 3.34. The van der Waals surface area contributed by atoms with Gasteiger partial charge in [-0.3, -0.25) is 4.79 Å². The van der Waals surface area contributed by atoms with Gasteiger partial charge in [-0.2, -0.15) is 4.31 Å². The molecule has 0 N–H and O–H groups in total. The second-order valence-corrected chi connectivity index (χ2v) is 8.74. The monoisotopic (exact) mass is 344 g/mol. The van der Waals surface area contributed by atoms with Gasteiger partial charge in [0.1, 0.15) is 0 Å². The Morgan fingerprint density at radius 1 is 1.36 bits per heavy atom. The van der Waals surface area contributed by atoms with Crippen molar-refractivity contribution in [1.29, 1.82) is 0 Å². The summed E-state index contributed by atoms with van der Waals surface area (Å²) in [6, 6.07) is 3.70. The lowest BCUT2D eigenvalue weighted by molar-refractivity contribution is -0.0168. The number of fused-ring (bicyclic) bond motifs is 1. The van der Waals surface area contributed by atoms with Gasteiger partial charge in [-0.25, -0.2) is 8.42 Å². The number of nitrogens with zero attached hydrogens (tertiary/aromatic N) is 2. The number of rotatable bonds is 2. The highest BCUT2D eigenvalue weighted by Gasteiger charge is 2.37. The van der Waals surface area contributed by atoms with E-state index in [4.69, 9.17) is 4.74 Å². The van der Waals surface area contributed by atoms with E-state index >= 15 is 0 Å². The van der Waals surface area contributed by atoms with Gasteiger partial charge >= 0.3 is 0 Å². The van der Waals surface area contributed by atoms with Crippen molar-refractivity contribution in [3.8, 4) is 0 Å². The fraction of sp³-hybridized carbons (Fsp3) is 0.643. The van der Waals surface area contributed by atoms with Crippen molar-refractivity contribution in [3.05, 3.63) is 22.4 Å². The number of hydrogen-bond acceptors (Lipinski definition) is 5. The molecule has 122 valence electrons. The maximum atomic E-state index is 12.4. The molecule has 6 nitrogen and oxygen atoms in total. The number of amides is 1. The molecular weight excluding hydrogens is 324 g/mol. The van der Waals surface area contributed by atoms with Gasteiger partial charge in [-0.15, -0.1) is 11.3 Å². The van der Waals surface area contributed by atoms with Crippen molar-refractivity contribution in [3.63, 3.8) is 0 Å². The predicted octanol–water partition coefficient (Wildman–Crippen LogP) is 0.871. The van der Waals surface area contributed by atoms with Crippen LogP contribution in [0.5, 0.6) is 0 Å². The van der Waals surface area contributed by atoms with E-state index in [-0.39, 0.29) is 17.9 Å². The molecule has 2 aliphatic rings. The minimum atomic E-state index is -3.19. The molecule has 2 saturated heterocycles. The Labute approximate surface area is 134 Å². The standard InChI is InChI=1S/C14H20N2O4S2/c1-22(18,19)16-6-7-20-12-10-15(5-4-11(12)9-16)14(17)13-3-2-8-21-13/h2-3,8,11-12H,4-7,9-10H2,1H3/t11-,12-/m1/s1. The Balaban J connectivity index is 1.68. The van der Waals surface area contributed by atoms with E-state index < -0.39 is 10.0 Å². The van der Waals surface area contributed by atoms with Crippen LogP contribution in [0.4, 0.5) is 0 Å². The van der Waals surface area contributed by atoms with Gasteiger partial charge in [-0.05, 0) is 17.9 Å². The fourth-order valence-corrected chi connectivity index (χ4v) is 4.62. The van der Waals surface area contributed by atoms with Crippen LogP contribution >= 0.6 is 11.3 Å². The van der Waals surface area contributed by atoms with Crippen molar-refractivity contribution >= 4 is 27.3 Å². The highest BCUT2D eigenvalue weighted by Crippen LogP contribution is 2.26. The normalized spacial score (nSPS) is 27.2. The summed E-state index contributed by atoms with van der Waals surface area (Å²) in [6.07, 6.45) is 1.93. The molecule has 0 unspecified atom stereocenters. The van der Waals surface area contributed by atoms with Crippen LogP contribution in [0.3, 0.4) is 0 Å². The second-order valence-electron chi connectivity index (χ2n) is 5.81. The van der Waals surface area contributed by atoms with Crippen LogP contribution in [-0.4, -0.2) is 68.7 Å².